The molecule has 0 aromatic heterocycles. The Morgan fingerprint density at radius 2 is 1.20 bits per heavy atom. The second-order valence-electron chi connectivity index (χ2n) is 10.7. The van der Waals surface area contributed by atoms with Crippen molar-refractivity contribution in [3.63, 3.8) is 0 Å². The highest BCUT2D eigenvalue weighted by Crippen LogP contribution is 2.42. The van der Waals surface area contributed by atoms with E-state index in [1.54, 1.807) is 0 Å². The maximum absolute atomic E-state index is 12.0. The Balaban J connectivity index is 1.77. The van der Waals surface area contributed by atoms with Crippen LogP contribution in [0.15, 0.2) is 0 Å². The molecular formula is C25H53NO3P+. The summed E-state index contributed by atoms with van der Waals surface area (Å²) in [6, 6.07) is 0. The topological polar surface area (TPSA) is 46.5 Å². The van der Waals surface area contributed by atoms with Crippen molar-refractivity contribution in [2.75, 3.05) is 40.5 Å². The number of likely N-dealkylation sites (N-methyl/N-ethyl adjacent to an activating group) is 1. The number of nitrogens with zero attached hydrogens (tertiary/aromatic N) is 1. The molecule has 1 atom stereocenters. The van der Waals surface area contributed by atoms with E-state index in [1.165, 1.54) is 103 Å². The smallest absolute Gasteiger partial charge is 0.328 e. The second kappa shape index (κ2) is 16.7. The Morgan fingerprint density at radius 3 is 1.67 bits per heavy atom. The molecule has 30 heavy (non-hydrogen) atoms. The van der Waals surface area contributed by atoms with E-state index < -0.39 is 7.60 Å². The quantitative estimate of drug-likeness (QED) is 0.119. The van der Waals surface area contributed by atoms with Gasteiger partial charge in [0.15, 0.2) is 0 Å². The fourth-order valence-electron chi connectivity index (χ4n) is 4.51. The van der Waals surface area contributed by atoms with Crippen molar-refractivity contribution < 1.29 is 18.5 Å². The van der Waals surface area contributed by atoms with Crippen LogP contribution in [-0.4, -0.2) is 49.8 Å². The highest BCUT2D eigenvalue weighted by Gasteiger charge is 2.20. The molecule has 1 aliphatic rings. The second-order valence-corrected chi connectivity index (χ2v) is 12.7. The summed E-state index contributed by atoms with van der Waals surface area (Å²) in [5.74, 6) is 1.07. The van der Waals surface area contributed by atoms with Gasteiger partial charge in [-0.3, -0.25) is 4.57 Å². The number of hydrogen-bond donors (Lipinski definition) is 1. The largest absolute Gasteiger partial charge is 0.329 e. The minimum absolute atomic E-state index is 0.310. The molecule has 1 aliphatic carbocycles. The molecule has 0 bridgehead atoms. The number of rotatable bonds is 20. The van der Waals surface area contributed by atoms with Gasteiger partial charge >= 0.3 is 7.60 Å². The molecule has 1 unspecified atom stereocenters. The fraction of sp³-hybridized carbons (Fsp3) is 1.00. The lowest BCUT2D eigenvalue weighted by molar-refractivity contribution is -0.870. The summed E-state index contributed by atoms with van der Waals surface area (Å²) in [6.07, 6.45) is 24.8. The van der Waals surface area contributed by atoms with E-state index in [4.69, 9.17) is 4.52 Å². The Labute approximate surface area is 188 Å². The van der Waals surface area contributed by atoms with Crippen LogP contribution in [0.25, 0.3) is 0 Å². The predicted molar refractivity (Wildman–Crippen MR) is 130 cm³/mol. The molecule has 0 saturated heterocycles. The third-order valence-corrected chi connectivity index (χ3v) is 8.05. The van der Waals surface area contributed by atoms with Crippen LogP contribution in [0.5, 0.6) is 0 Å². The molecule has 0 amide bonds. The van der Waals surface area contributed by atoms with Crippen LogP contribution in [0.3, 0.4) is 0 Å². The Bertz CT molecular complexity index is 444. The summed E-state index contributed by atoms with van der Waals surface area (Å²) in [5, 5.41) is 0. The highest BCUT2D eigenvalue weighted by molar-refractivity contribution is 7.52. The van der Waals surface area contributed by atoms with Gasteiger partial charge in [-0.05, 0) is 12.3 Å². The van der Waals surface area contributed by atoms with E-state index in [9.17, 15) is 9.46 Å². The maximum atomic E-state index is 12.0. The summed E-state index contributed by atoms with van der Waals surface area (Å²) in [6.45, 7) is 1.11. The Hall–Kier alpha value is 0.110. The van der Waals surface area contributed by atoms with Crippen LogP contribution >= 0.6 is 7.60 Å². The molecule has 1 rings (SSSR count). The maximum Gasteiger partial charge on any atom is 0.328 e. The molecule has 1 fully saturated rings. The molecule has 5 heteroatoms. The first kappa shape index (κ1) is 28.1. The van der Waals surface area contributed by atoms with Crippen molar-refractivity contribution in [2.45, 2.75) is 116 Å². The number of quaternary nitrogens is 1. The fourth-order valence-corrected chi connectivity index (χ4v) is 5.63. The lowest BCUT2D eigenvalue weighted by atomic mass is 9.99. The first-order valence-corrected chi connectivity index (χ1v) is 14.8. The van der Waals surface area contributed by atoms with Gasteiger partial charge in [0.25, 0.3) is 0 Å². The van der Waals surface area contributed by atoms with Gasteiger partial charge in [0.1, 0.15) is 13.2 Å². The molecule has 180 valence electrons. The third-order valence-electron chi connectivity index (χ3n) is 6.58. The Morgan fingerprint density at radius 1 is 0.767 bits per heavy atom. The zero-order valence-corrected chi connectivity index (χ0v) is 21.5. The van der Waals surface area contributed by atoms with E-state index >= 15 is 0 Å². The van der Waals surface area contributed by atoms with E-state index in [1.807, 2.05) is 0 Å². The summed E-state index contributed by atoms with van der Waals surface area (Å²) < 4.78 is 18.0. The SMILES string of the molecule is C[N+](C)(C)CCOP(=O)(O)CCCCCCCCCCCCCCCC1CCCC1. The van der Waals surface area contributed by atoms with E-state index in [2.05, 4.69) is 21.1 Å². The van der Waals surface area contributed by atoms with Gasteiger partial charge in [-0.2, -0.15) is 0 Å². The molecule has 1 saturated carbocycles. The molecular weight excluding hydrogens is 393 g/mol. The molecule has 0 aromatic carbocycles. The highest BCUT2D eigenvalue weighted by atomic mass is 31.2. The van der Waals surface area contributed by atoms with Crippen LogP contribution in [0.4, 0.5) is 0 Å². The minimum atomic E-state index is -3.38. The monoisotopic (exact) mass is 446 g/mol. The zero-order valence-electron chi connectivity index (χ0n) is 20.6. The van der Waals surface area contributed by atoms with Crippen molar-refractivity contribution in [1.29, 1.82) is 0 Å². The summed E-state index contributed by atoms with van der Waals surface area (Å²) in [5.41, 5.74) is 0. The summed E-state index contributed by atoms with van der Waals surface area (Å²) >= 11 is 0. The van der Waals surface area contributed by atoms with Crippen LogP contribution in [0, 0.1) is 5.92 Å². The zero-order chi connectivity index (χ0) is 22.1. The normalized spacial score (nSPS) is 17.5. The molecule has 0 heterocycles. The van der Waals surface area contributed by atoms with Crippen LogP contribution in [-0.2, 0) is 9.09 Å². The first-order chi connectivity index (χ1) is 14.3. The van der Waals surface area contributed by atoms with Crippen molar-refractivity contribution in [2.24, 2.45) is 5.92 Å². The average molecular weight is 447 g/mol. The molecule has 0 spiro atoms. The van der Waals surface area contributed by atoms with Gasteiger partial charge in [-0.1, -0.05) is 109 Å². The summed E-state index contributed by atoms with van der Waals surface area (Å²) in [7, 11) is 2.80. The number of hydrogen-bond acceptors (Lipinski definition) is 2. The van der Waals surface area contributed by atoms with Crippen LogP contribution < -0.4 is 0 Å². The van der Waals surface area contributed by atoms with Gasteiger partial charge in [0.05, 0.1) is 21.1 Å². The van der Waals surface area contributed by atoms with Gasteiger partial charge in [-0.25, -0.2) is 0 Å². The molecule has 0 aromatic rings. The van der Waals surface area contributed by atoms with Gasteiger partial charge < -0.3 is 13.9 Å². The lowest BCUT2D eigenvalue weighted by Gasteiger charge is -2.24. The standard InChI is InChI=1S/C25H52NO3P/c1-26(2,3)22-23-29-30(27,28)24-18-14-12-10-8-6-4-5-7-9-11-13-15-19-25-20-16-17-21-25/h25H,4-24H2,1-3H3/p+1. The summed E-state index contributed by atoms with van der Waals surface area (Å²) in [4.78, 5) is 9.88. The van der Waals surface area contributed by atoms with Crippen LogP contribution in [0.2, 0.25) is 0 Å². The van der Waals surface area contributed by atoms with E-state index in [-0.39, 0.29) is 0 Å². The molecule has 4 nitrogen and oxygen atoms in total. The van der Waals surface area contributed by atoms with Crippen molar-refractivity contribution in [1.82, 2.24) is 0 Å². The molecule has 0 aliphatic heterocycles. The van der Waals surface area contributed by atoms with Crippen molar-refractivity contribution >= 4 is 7.60 Å². The first-order valence-electron chi connectivity index (χ1n) is 13.1. The van der Waals surface area contributed by atoms with Gasteiger partial charge in [0.2, 0.25) is 0 Å². The molecule has 0 radical (unpaired) electrons. The number of unbranched alkanes of at least 4 members (excludes halogenated alkanes) is 12. The van der Waals surface area contributed by atoms with E-state index in [0.717, 1.165) is 29.8 Å². The Kier molecular flexibility index (Phi) is 15.7. The predicted octanol–water partition coefficient (Wildman–Crippen LogP) is 7.55. The molecule has 1 N–H and O–H groups in total. The lowest BCUT2D eigenvalue weighted by Crippen LogP contribution is -2.37. The average Bonchev–Trinajstić information content (AvgIpc) is 3.17. The minimum Gasteiger partial charge on any atom is -0.329 e. The van der Waals surface area contributed by atoms with Crippen molar-refractivity contribution in [3.05, 3.63) is 0 Å². The van der Waals surface area contributed by atoms with E-state index in [0.29, 0.717) is 12.8 Å². The van der Waals surface area contributed by atoms with Crippen LogP contribution in [0.1, 0.15) is 116 Å². The van der Waals surface area contributed by atoms with Crippen molar-refractivity contribution in [3.8, 4) is 0 Å². The third kappa shape index (κ3) is 17.8. The van der Waals surface area contributed by atoms with Gasteiger partial charge in [-0.15, -0.1) is 0 Å². The van der Waals surface area contributed by atoms with Gasteiger partial charge in [0, 0.05) is 6.16 Å².